The van der Waals surface area contributed by atoms with Gasteiger partial charge in [0.2, 0.25) is 11.8 Å². The molecule has 3 rings (SSSR count). The van der Waals surface area contributed by atoms with E-state index in [-0.39, 0.29) is 35.7 Å². The number of hydrogen-bond acceptors (Lipinski definition) is 2. The molecule has 2 atom stereocenters. The molecule has 2 aliphatic rings. The van der Waals surface area contributed by atoms with E-state index in [1.165, 1.54) is 17.5 Å². The fourth-order valence-electron chi connectivity index (χ4n) is 4.73. The highest BCUT2D eigenvalue weighted by atomic mass is 16.2. The van der Waals surface area contributed by atoms with Crippen molar-refractivity contribution in [2.24, 2.45) is 17.8 Å². The van der Waals surface area contributed by atoms with Crippen molar-refractivity contribution in [2.45, 2.75) is 84.8 Å². The minimum atomic E-state index is -0.387. The highest BCUT2D eigenvalue weighted by Gasteiger charge is 2.39. The van der Waals surface area contributed by atoms with Gasteiger partial charge in [-0.2, -0.15) is 0 Å². The van der Waals surface area contributed by atoms with Gasteiger partial charge in [-0.15, -0.1) is 0 Å². The molecule has 2 amide bonds. The Morgan fingerprint density at radius 1 is 1.00 bits per heavy atom. The third kappa shape index (κ3) is 4.59. The molecule has 1 aromatic rings. The van der Waals surface area contributed by atoms with E-state index in [0.717, 1.165) is 32.1 Å². The Balaban J connectivity index is 1.87. The summed E-state index contributed by atoms with van der Waals surface area (Å²) in [7, 11) is 0. The van der Waals surface area contributed by atoms with Crippen LogP contribution in [0.5, 0.6) is 0 Å². The third-order valence-corrected chi connectivity index (χ3v) is 6.55. The molecule has 4 nitrogen and oxygen atoms in total. The number of nitrogens with one attached hydrogen (secondary N) is 1. The molecule has 4 heteroatoms. The van der Waals surface area contributed by atoms with Crippen molar-refractivity contribution in [3.8, 4) is 0 Å². The minimum Gasteiger partial charge on any atom is -0.344 e. The van der Waals surface area contributed by atoms with E-state index in [9.17, 15) is 9.59 Å². The first kappa shape index (κ1) is 20.9. The van der Waals surface area contributed by atoms with Crippen LogP contribution in [0.2, 0.25) is 0 Å². The second-order valence-corrected chi connectivity index (χ2v) is 9.29. The van der Waals surface area contributed by atoms with Crippen LogP contribution in [0.25, 0.3) is 0 Å². The van der Waals surface area contributed by atoms with Gasteiger partial charge in [0.25, 0.3) is 0 Å². The van der Waals surface area contributed by atoms with Crippen molar-refractivity contribution < 1.29 is 9.59 Å². The first-order chi connectivity index (χ1) is 13.4. The first-order valence-electron chi connectivity index (χ1n) is 11.1. The average molecular weight is 385 g/mol. The molecule has 1 heterocycles. The van der Waals surface area contributed by atoms with Crippen LogP contribution < -0.4 is 5.32 Å². The summed E-state index contributed by atoms with van der Waals surface area (Å²) >= 11 is 0. The van der Waals surface area contributed by atoms with Gasteiger partial charge in [0.05, 0.1) is 0 Å². The van der Waals surface area contributed by atoms with E-state index in [1.807, 2.05) is 13.8 Å². The van der Waals surface area contributed by atoms with Crippen molar-refractivity contribution in [3.05, 3.63) is 35.4 Å². The second kappa shape index (κ2) is 9.11. The third-order valence-electron chi connectivity index (χ3n) is 6.55. The molecule has 2 unspecified atom stereocenters. The SMILES string of the molecule is CC(C)C(=O)NC(C(=O)N1Cc2ccccc2CC1C(C)C)C1CCCCC1. The maximum atomic E-state index is 13.8. The van der Waals surface area contributed by atoms with Crippen LogP contribution in [-0.4, -0.2) is 28.8 Å². The van der Waals surface area contributed by atoms with Crippen LogP contribution in [0.1, 0.15) is 70.9 Å². The van der Waals surface area contributed by atoms with Crippen LogP contribution in [0.15, 0.2) is 24.3 Å². The maximum absolute atomic E-state index is 13.8. The predicted octanol–water partition coefficient (Wildman–Crippen LogP) is 4.32. The lowest BCUT2D eigenvalue weighted by molar-refractivity contribution is -0.143. The van der Waals surface area contributed by atoms with Crippen molar-refractivity contribution >= 4 is 11.8 Å². The molecule has 0 spiro atoms. The molecule has 1 aromatic carbocycles. The van der Waals surface area contributed by atoms with Crippen molar-refractivity contribution in [2.75, 3.05) is 0 Å². The Morgan fingerprint density at radius 3 is 2.25 bits per heavy atom. The van der Waals surface area contributed by atoms with Crippen molar-refractivity contribution in [3.63, 3.8) is 0 Å². The number of amides is 2. The Kier molecular flexibility index (Phi) is 6.79. The largest absolute Gasteiger partial charge is 0.344 e. The number of carbonyl (C=O) groups excluding carboxylic acids is 2. The summed E-state index contributed by atoms with van der Waals surface area (Å²) in [6, 6.07) is 8.25. The predicted molar refractivity (Wildman–Crippen MR) is 113 cm³/mol. The Morgan fingerprint density at radius 2 is 1.64 bits per heavy atom. The van der Waals surface area contributed by atoms with Gasteiger partial charge in [0.1, 0.15) is 6.04 Å². The Hall–Kier alpha value is -1.84. The summed E-state index contributed by atoms with van der Waals surface area (Å²) < 4.78 is 0. The van der Waals surface area contributed by atoms with E-state index in [1.54, 1.807) is 0 Å². The van der Waals surface area contributed by atoms with Crippen LogP contribution in [-0.2, 0) is 22.6 Å². The van der Waals surface area contributed by atoms with Gasteiger partial charge >= 0.3 is 0 Å². The molecule has 0 radical (unpaired) electrons. The van der Waals surface area contributed by atoms with Gasteiger partial charge in [-0.05, 0) is 42.2 Å². The van der Waals surface area contributed by atoms with Crippen LogP contribution in [0, 0.1) is 17.8 Å². The van der Waals surface area contributed by atoms with Crippen LogP contribution in [0.3, 0.4) is 0 Å². The van der Waals surface area contributed by atoms with Gasteiger partial charge in [0, 0.05) is 18.5 Å². The smallest absolute Gasteiger partial charge is 0.246 e. The zero-order valence-electron chi connectivity index (χ0n) is 17.9. The summed E-state index contributed by atoms with van der Waals surface area (Å²) in [4.78, 5) is 28.4. The molecular formula is C24H36N2O2. The van der Waals surface area contributed by atoms with Crippen LogP contribution in [0.4, 0.5) is 0 Å². The molecule has 154 valence electrons. The van der Waals surface area contributed by atoms with E-state index in [4.69, 9.17) is 0 Å². The number of rotatable bonds is 5. The second-order valence-electron chi connectivity index (χ2n) is 9.29. The van der Waals surface area contributed by atoms with E-state index in [2.05, 4.69) is 48.3 Å². The number of benzene rings is 1. The quantitative estimate of drug-likeness (QED) is 0.822. The van der Waals surface area contributed by atoms with Gasteiger partial charge in [-0.3, -0.25) is 9.59 Å². The lowest BCUT2D eigenvalue weighted by Crippen LogP contribution is -2.57. The molecule has 0 aromatic heterocycles. The number of fused-ring (bicyclic) bond motifs is 1. The monoisotopic (exact) mass is 384 g/mol. The summed E-state index contributed by atoms with van der Waals surface area (Å²) in [6.45, 7) is 8.83. The molecule has 1 aliphatic carbocycles. The molecule has 1 N–H and O–H groups in total. The lowest BCUT2D eigenvalue weighted by atomic mass is 9.81. The van der Waals surface area contributed by atoms with Crippen LogP contribution >= 0.6 is 0 Å². The molecule has 1 fully saturated rings. The van der Waals surface area contributed by atoms with Gasteiger partial charge in [-0.1, -0.05) is 71.2 Å². The maximum Gasteiger partial charge on any atom is 0.246 e. The topological polar surface area (TPSA) is 49.4 Å². The van der Waals surface area contributed by atoms with Gasteiger partial charge in [0.15, 0.2) is 0 Å². The summed E-state index contributed by atoms with van der Waals surface area (Å²) in [6.07, 6.45) is 6.51. The highest BCUT2D eigenvalue weighted by molar-refractivity contribution is 5.89. The fourth-order valence-corrected chi connectivity index (χ4v) is 4.73. The molecule has 28 heavy (non-hydrogen) atoms. The van der Waals surface area contributed by atoms with E-state index in [0.29, 0.717) is 12.5 Å². The summed E-state index contributed by atoms with van der Waals surface area (Å²) in [5, 5.41) is 3.14. The Labute approximate surface area is 170 Å². The molecule has 0 bridgehead atoms. The molecule has 0 saturated heterocycles. The summed E-state index contributed by atoms with van der Waals surface area (Å²) in [5.41, 5.74) is 2.59. The van der Waals surface area contributed by atoms with Crippen molar-refractivity contribution in [1.29, 1.82) is 0 Å². The normalized spacial score (nSPS) is 21.5. The van der Waals surface area contributed by atoms with Gasteiger partial charge < -0.3 is 10.2 Å². The first-order valence-corrected chi connectivity index (χ1v) is 11.1. The Bertz CT molecular complexity index is 692. The lowest BCUT2D eigenvalue weighted by Gasteiger charge is -2.42. The number of nitrogens with zero attached hydrogens (tertiary/aromatic N) is 1. The molecule has 1 aliphatic heterocycles. The molecule has 1 saturated carbocycles. The fraction of sp³-hybridized carbons (Fsp3) is 0.667. The standard InChI is InChI=1S/C24H36N2O2/c1-16(2)21-14-19-12-8-9-13-20(19)15-26(21)24(28)22(25-23(27)17(3)4)18-10-6-5-7-11-18/h8-9,12-13,16-18,21-22H,5-7,10-11,14-15H2,1-4H3,(H,25,27). The van der Waals surface area contributed by atoms with Gasteiger partial charge in [-0.25, -0.2) is 0 Å². The van der Waals surface area contributed by atoms with Crippen molar-refractivity contribution in [1.82, 2.24) is 10.2 Å². The number of hydrogen-bond donors (Lipinski definition) is 1. The zero-order valence-corrected chi connectivity index (χ0v) is 17.9. The minimum absolute atomic E-state index is 0.0116. The van der Waals surface area contributed by atoms with E-state index >= 15 is 0 Å². The highest BCUT2D eigenvalue weighted by Crippen LogP contribution is 2.32. The molecular weight excluding hydrogens is 348 g/mol. The zero-order chi connectivity index (χ0) is 20.3. The number of carbonyl (C=O) groups is 2. The van der Waals surface area contributed by atoms with E-state index < -0.39 is 0 Å². The average Bonchev–Trinajstić information content (AvgIpc) is 2.70. The summed E-state index contributed by atoms with van der Waals surface area (Å²) in [5.74, 6) is 0.637.